The molecular formula is C12H21N3O. The largest absolute Gasteiger partial charge is 0.342 e. The van der Waals surface area contributed by atoms with E-state index in [0.717, 1.165) is 32.4 Å². The lowest BCUT2D eigenvalue weighted by Gasteiger charge is -2.26. The first-order chi connectivity index (χ1) is 7.69. The van der Waals surface area contributed by atoms with Crippen molar-refractivity contribution in [1.29, 1.82) is 5.26 Å². The average Bonchev–Trinajstić information content (AvgIpc) is 2.78. The van der Waals surface area contributed by atoms with Crippen LogP contribution in [0.1, 0.15) is 32.6 Å². The summed E-state index contributed by atoms with van der Waals surface area (Å²) in [6, 6.07) is 2.38. The lowest BCUT2D eigenvalue weighted by atomic mass is 10.1. The van der Waals surface area contributed by atoms with E-state index in [2.05, 4.69) is 13.0 Å². The van der Waals surface area contributed by atoms with Gasteiger partial charge in [0.25, 0.3) is 0 Å². The van der Waals surface area contributed by atoms with Gasteiger partial charge in [-0.1, -0.05) is 6.92 Å². The quantitative estimate of drug-likeness (QED) is 0.704. The summed E-state index contributed by atoms with van der Waals surface area (Å²) in [5.74, 6) is 0.205. The highest BCUT2D eigenvalue weighted by atomic mass is 16.2. The fourth-order valence-electron chi connectivity index (χ4n) is 2.13. The van der Waals surface area contributed by atoms with Crippen molar-refractivity contribution in [2.75, 3.05) is 26.7 Å². The summed E-state index contributed by atoms with van der Waals surface area (Å²) in [6.07, 6.45) is 3.67. The normalized spacial score (nSPS) is 17.5. The summed E-state index contributed by atoms with van der Waals surface area (Å²) in [5, 5.41) is 8.69. The Labute approximate surface area is 97.8 Å². The summed E-state index contributed by atoms with van der Waals surface area (Å²) < 4.78 is 0. The van der Waals surface area contributed by atoms with Crippen molar-refractivity contribution in [3.8, 4) is 6.07 Å². The first-order valence-corrected chi connectivity index (χ1v) is 6.04. The number of hydrogen-bond acceptors (Lipinski definition) is 3. The molecule has 0 aliphatic carbocycles. The van der Waals surface area contributed by atoms with Gasteiger partial charge in [-0.25, -0.2) is 0 Å². The second-order valence-electron chi connectivity index (χ2n) is 4.43. The van der Waals surface area contributed by atoms with E-state index in [1.807, 2.05) is 16.8 Å². The number of likely N-dealkylation sites (tertiary alicyclic amines) is 1. The fourth-order valence-corrected chi connectivity index (χ4v) is 2.13. The molecule has 1 saturated heterocycles. The van der Waals surface area contributed by atoms with Gasteiger partial charge in [0.15, 0.2) is 0 Å². The smallest absolute Gasteiger partial charge is 0.236 e. The van der Waals surface area contributed by atoms with Crippen molar-refractivity contribution in [3.63, 3.8) is 0 Å². The maximum Gasteiger partial charge on any atom is 0.236 e. The van der Waals surface area contributed by atoms with Crippen LogP contribution in [0.25, 0.3) is 0 Å². The van der Waals surface area contributed by atoms with E-state index in [0.29, 0.717) is 13.0 Å². The van der Waals surface area contributed by atoms with Crippen LogP contribution in [0.3, 0.4) is 0 Å². The van der Waals surface area contributed by atoms with Gasteiger partial charge in [-0.3, -0.25) is 9.69 Å². The molecule has 0 aromatic rings. The van der Waals surface area contributed by atoms with E-state index in [-0.39, 0.29) is 11.9 Å². The maximum absolute atomic E-state index is 11.9. The molecule has 0 spiro atoms. The first kappa shape index (κ1) is 13.0. The molecule has 1 amide bonds. The standard InChI is InChI=1S/C12H21N3O/c1-3-11(6-7-13)14(2)10-12(16)15-8-4-5-9-15/h11H,3-6,8-10H2,1-2H3. The highest BCUT2D eigenvalue weighted by molar-refractivity contribution is 5.78. The van der Waals surface area contributed by atoms with Gasteiger partial charge < -0.3 is 4.90 Å². The number of rotatable bonds is 5. The van der Waals surface area contributed by atoms with Crippen LogP contribution in [0.15, 0.2) is 0 Å². The van der Waals surface area contributed by atoms with E-state index in [1.165, 1.54) is 0 Å². The molecule has 1 fully saturated rings. The third kappa shape index (κ3) is 3.49. The first-order valence-electron chi connectivity index (χ1n) is 6.04. The van der Waals surface area contributed by atoms with E-state index < -0.39 is 0 Å². The summed E-state index contributed by atoms with van der Waals surface area (Å²) in [7, 11) is 1.93. The monoisotopic (exact) mass is 223 g/mol. The van der Waals surface area contributed by atoms with Crippen molar-refractivity contribution < 1.29 is 4.79 Å². The molecule has 1 atom stereocenters. The maximum atomic E-state index is 11.9. The van der Waals surface area contributed by atoms with E-state index in [4.69, 9.17) is 5.26 Å². The number of carbonyl (C=O) groups is 1. The summed E-state index contributed by atoms with van der Waals surface area (Å²) in [4.78, 5) is 15.8. The van der Waals surface area contributed by atoms with Crippen LogP contribution in [0.4, 0.5) is 0 Å². The second-order valence-corrected chi connectivity index (χ2v) is 4.43. The van der Waals surface area contributed by atoms with E-state index in [9.17, 15) is 4.79 Å². The Bertz CT molecular complexity index is 266. The van der Waals surface area contributed by atoms with Crippen molar-refractivity contribution in [2.45, 2.75) is 38.6 Å². The van der Waals surface area contributed by atoms with E-state index in [1.54, 1.807) is 0 Å². The molecule has 4 heteroatoms. The number of nitrogens with zero attached hydrogens (tertiary/aromatic N) is 3. The van der Waals surface area contributed by atoms with E-state index >= 15 is 0 Å². The SMILES string of the molecule is CCC(CC#N)N(C)CC(=O)N1CCCC1. The molecule has 1 unspecified atom stereocenters. The molecular weight excluding hydrogens is 202 g/mol. The van der Waals surface area contributed by atoms with Gasteiger partial charge in [0.05, 0.1) is 19.0 Å². The van der Waals surface area contributed by atoms with Crippen LogP contribution in [0, 0.1) is 11.3 Å². The van der Waals surface area contributed by atoms with Crippen LogP contribution >= 0.6 is 0 Å². The van der Waals surface area contributed by atoms with Crippen molar-refractivity contribution in [2.24, 2.45) is 0 Å². The molecule has 0 saturated carbocycles. The predicted molar refractivity (Wildman–Crippen MR) is 62.8 cm³/mol. The Morgan fingerprint density at radius 2 is 2.12 bits per heavy atom. The van der Waals surface area contributed by atoms with Gasteiger partial charge in [0.1, 0.15) is 0 Å². The van der Waals surface area contributed by atoms with Crippen molar-refractivity contribution in [3.05, 3.63) is 0 Å². The average molecular weight is 223 g/mol. The highest BCUT2D eigenvalue weighted by Crippen LogP contribution is 2.10. The number of hydrogen-bond donors (Lipinski definition) is 0. The predicted octanol–water partition coefficient (Wildman–Crippen LogP) is 1.23. The minimum Gasteiger partial charge on any atom is -0.342 e. The molecule has 1 aliphatic heterocycles. The molecule has 0 aromatic carbocycles. The topological polar surface area (TPSA) is 47.3 Å². The number of likely N-dealkylation sites (N-methyl/N-ethyl adjacent to an activating group) is 1. The summed E-state index contributed by atoms with van der Waals surface area (Å²) in [6.45, 7) is 4.31. The zero-order chi connectivity index (χ0) is 12.0. The highest BCUT2D eigenvalue weighted by Gasteiger charge is 2.21. The molecule has 1 rings (SSSR count). The Hall–Kier alpha value is -1.08. The van der Waals surface area contributed by atoms with Gasteiger partial charge in [-0.05, 0) is 26.3 Å². The second kappa shape index (κ2) is 6.49. The van der Waals surface area contributed by atoms with Crippen LogP contribution in [-0.4, -0.2) is 48.4 Å². The summed E-state index contributed by atoms with van der Waals surface area (Å²) >= 11 is 0. The Morgan fingerprint density at radius 1 is 1.50 bits per heavy atom. The third-order valence-corrected chi connectivity index (χ3v) is 3.26. The molecule has 0 bridgehead atoms. The lowest BCUT2D eigenvalue weighted by molar-refractivity contribution is -0.131. The third-order valence-electron chi connectivity index (χ3n) is 3.26. The molecule has 1 aliphatic rings. The number of carbonyl (C=O) groups excluding carboxylic acids is 1. The Balaban J connectivity index is 2.39. The molecule has 90 valence electrons. The van der Waals surface area contributed by atoms with Crippen molar-refractivity contribution >= 4 is 5.91 Å². The Morgan fingerprint density at radius 3 is 2.62 bits per heavy atom. The van der Waals surface area contributed by atoms with Gasteiger partial charge >= 0.3 is 0 Å². The minimum absolute atomic E-state index is 0.205. The number of nitriles is 1. The molecule has 0 radical (unpaired) electrons. The zero-order valence-electron chi connectivity index (χ0n) is 10.3. The van der Waals surface area contributed by atoms with Crippen LogP contribution in [-0.2, 0) is 4.79 Å². The van der Waals surface area contributed by atoms with Crippen LogP contribution < -0.4 is 0 Å². The van der Waals surface area contributed by atoms with Crippen LogP contribution in [0.2, 0.25) is 0 Å². The van der Waals surface area contributed by atoms with Gasteiger partial charge in [0.2, 0.25) is 5.91 Å². The molecule has 0 N–H and O–H groups in total. The van der Waals surface area contributed by atoms with Gasteiger partial charge in [0, 0.05) is 19.1 Å². The fraction of sp³-hybridized carbons (Fsp3) is 0.833. The van der Waals surface area contributed by atoms with Gasteiger partial charge in [-0.2, -0.15) is 5.26 Å². The number of amides is 1. The minimum atomic E-state index is 0.205. The van der Waals surface area contributed by atoms with Gasteiger partial charge in [-0.15, -0.1) is 0 Å². The molecule has 1 heterocycles. The van der Waals surface area contributed by atoms with Crippen LogP contribution in [0.5, 0.6) is 0 Å². The molecule has 4 nitrogen and oxygen atoms in total. The summed E-state index contributed by atoms with van der Waals surface area (Å²) in [5.41, 5.74) is 0. The molecule has 16 heavy (non-hydrogen) atoms. The molecule has 0 aromatic heterocycles. The van der Waals surface area contributed by atoms with Crippen molar-refractivity contribution in [1.82, 2.24) is 9.80 Å². The Kier molecular flexibility index (Phi) is 5.27. The zero-order valence-corrected chi connectivity index (χ0v) is 10.3. The lowest BCUT2D eigenvalue weighted by Crippen LogP contribution is -2.41.